The Morgan fingerprint density at radius 2 is 2.45 bits per heavy atom. The fraction of sp³-hybridized carbons (Fsp3) is 0.333. The molecule has 11 heavy (non-hydrogen) atoms. The van der Waals surface area contributed by atoms with Crippen LogP contribution in [0.25, 0.3) is 0 Å². The van der Waals surface area contributed by atoms with Gasteiger partial charge in [-0.1, -0.05) is 16.4 Å². The molecule has 1 aromatic heterocycles. The highest BCUT2D eigenvalue weighted by Crippen LogP contribution is 1.96. The summed E-state index contributed by atoms with van der Waals surface area (Å²) in [6, 6.07) is 3.17. The Bertz CT molecular complexity index is 307. The highest BCUT2D eigenvalue weighted by Gasteiger charge is 1.91. The van der Waals surface area contributed by atoms with E-state index in [1.54, 1.807) is 12.1 Å². The van der Waals surface area contributed by atoms with Crippen molar-refractivity contribution in [2.24, 2.45) is 4.99 Å². The number of nitrogens with zero attached hydrogens (tertiary/aromatic N) is 3. The van der Waals surface area contributed by atoms with E-state index in [0.29, 0.717) is 16.9 Å². The first kappa shape index (κ1) is 8.07. The lowest BCUT2D eigenvalue weighted by Gasteiger charge is -1.95. The molecule has 0 atom stereocenters. The topological polar surface area (TPSA) is 50.4 Å². The van der Waals surface area contributed by atoms with E-state index in [0.717, 1.165) is 0 Å². The normalized spacial score (nSPS) is 12.0. The summed E-state index contributed by atoms with van der Waals surface area (Å²) >= 11 is 5.48. The number of hydrogen-bond acceptors (Lipinski definition) is 3. The molecule has 0 saturated heterocycles. The second-order valence-corrected chi connectivity index (χ2v) is 2.27. The van der Waals surface area contributed by atoms with Crippen LogP contribution in [-0.4, -0.2) is 21.7 Å². The van der Waals surface area contributed by atoms with Gasteiger partial charge in [0.15, 0.2) is 10.6 Å². The molecule has 0 saturated carbocycles. The number of hydrogen-bond donors (Lipinski definition) is 1. The maximum atomic E-state index is 9.05. The first-order chi connectivity index (χ1) is 5.24. The van der Waals surface area contributed by atoms with Crippen molar-refractivity contribution in [2.45, 2.75) is 6.92 Å². The van der Waals surface area contributed by atoms with E-state index < -0.39 is 0 Å². The maximum Gasteiger partial charge on any atom is 0.185 e. The van der Waals surface area contributed by atoms with E-state index in [2.05, 4.69) is 10.1 Å². The van der Waals surface area contributed by atoms with Crippen LogP contribution in [0.4, 0.5) is 0 Å². The van der Waals surface area contributed by atoms with E-state index >= 15 is 0 Å². The van der Waals surface area contributed by atoms with Gasteiger partial charge < -0.3 is 5.21 Å². The van der Waals surface area contributed by atoms with Crippen molar-refractivity contribution >= 4 is 11.6 Å². The zero-order valence-corrected chi connectivity index (χ0v) is 6.78. The molecule has 1 rings (SSSR count). The van der Waals surface area contributed by atoms with Crippen molar-refractivity contribution in [1.82, 2.24) is 9.94 Å². The summed E-state index contributed by atoms with van der Waals surface area (Å²) in [6.45, 7) is 2.47. The molecular formula is C6H8ClN3O. The zero-order chi connectivity index (χ0) is 8.27. The SMILES string of the molecule is CCN=c1ccc(Cl)nn1O. The Morgan fingerprint density at radius 3 is 3.00 bits per heavy atom. The van der Waals surface area contributed by atoms with Crippen LogP contribution < -0.4 is 5.49 Å². The van der Waals surface area contributed by atoms with Gasteiger partial charge in [0, 0.05) is 6.54 Å². The van der Waals surface area contributed by atoms with Gasteiger partial charge in [-0.15, -0.1) is 5.10 Å². The van der Waals surface area contributed by atoms with Crippen LogP contribution in [0.1, 0.15) is 6.92 Å². The number of aromatic nitrogens is 2. The fourth-order valence-electron chi connectivity index (χ4n) is 0.663. The van der Waals surface area contributed by atoms with Crippen LogP contribution in [0, 0.1) is 0 Å². The van der Waals surface area contributed by atoms with Crippen molar-refractivity contribution < 1.29 is 5.21 Å². The smallest absolute Gasteiger partial charge is 0.185 e. The minimum absolute atomic E-state index is 0.238. The lowest BCUT2D eigenvalue weighted by Crippen LogP contribution is -2.21. The molecule has 1 N–H and O–H groups in total. The van der Waals surface area contributed by atoms with Crippen LogP contribution in [-0.2, 0) is 0 Å². The van der Waals surface area contributed by atoms with Crippen LogP contribution in [0.5, 0.6) is 0 Å². The summed E-state index contributed by atoms with van der Waals surface area (Å²) in [5, 5.41) is 12.8. The van der Waals surface area contributed by atoms with Crippen LogP contribution in [0.15, 0.2) is 17.1 Å². The molecule has 0 aliphatic rings. The second-order valence-electron chi connectivity index (χ2n) is 1.88. The van der Waals surface area contributed by atoms with Crippen LogP contribution in [0.3, 0.4) is 0 Å². The Balaban J connectivity index is 3.20. The molecular weight excluding hydrogens is 166 g/mol. The number of halogens is 1. The Kier molecular flexibility index (Phi) is 2.48. The first-order valence-corrected chi connectivity index (χ1v) is 3.57. The Morgan fingerprint density at radius 1 is 1.73 bits per heavy atom. The lowest BCUT2D eigenvalue weighted by molar-refractivity contribution is 0.131. The quantitative estimate of drug-likeness (QED) is 0.636. The van der Waals surface area contributed by atoms with Gasteiger partial charge in [0.1, 0.15) is 0 Å². The standard InChI is InChI=1S/C6H8ClN3O/c1-2-8-6-4-3-5(7)9-10(6)11/h3-4,11H,2H2,1H3. The molecule has 1 aromatic rings. The van der Waals surface area contributed by atoms with Gasteiger partial charge in [-0.3, -0.25) is 4.99 Å². The van der Waals surface area contributed by atoms with Gasteiger partial charge in [0.25, 0.3) is 0 Å². The van der Waals surface area contributed by atoms with E-state index in [1.807, 2.05) is 6.92 Å². The summed E-state index contributed by atoms with van der Waals surface area (Å²) < 4.78 is 0. The summed E-state index contributed by atoms with van der Waals surface area (Å²) in [5.41, 5.74) is 0.400. The van der Waals surface area contributed by atoms with E-state index in [4.69, 9.17) is 16.8 Å². The summed E-state index contributed by atoms with van der Waals surface area (Å²) in [7, 11) is 0. The summed E-state index contributed by atoms with van der Waals surface area (Å²) in [4.78, 5) is 4.60. The molecule has 0 spiro atoms. The highest BCUT2D eigenvalue weighted by atomic mass is 35.5. The monoisotopic (exact) mass is 173 g/mol. The Hall–Kier alpha value is -1.03. The van der Waals surface area contributed by atoms with Crippen LogP contribution >= 0.6 is 11.6 Å². The molecule has 0 aliphatic heterocycles. The van der Waals surface area contributed by atoms with Gasteiger partial charge in [-0.25, -0.2) is 0 Å². The highest BCUT2D eigenvalue weighted by molar-refractivity contribution is 6.29. The molecule has 0 fully saturated rings. The third-order valence-corrected chi connectivity index (χ3v) is 1.29. The Labute approximate surface area is 68.7 Å². The second kappa shape index (κ2) is 3.39. The minimum Gasteiger partial charge on any atom is -0.410 e. The van der Waals surface area contributed by atoms with Crippen molar-refractivity contribution in [1.29, 1.82) is 0 Å². The molecule has 1 heterocycles. The van der Waals surface area contributed by atoms with Gasteiger partial charge in [0.05, 0.1) is 0 Å². The van der Waals surface area contributed by atoms with Crippen molar-refractivity contribution in [3.8, 4) is 0 Å². The molecule has 0 aliphatic carbocycles. The first-order valence-electron chi connectivity index (χ1n) is 3.19. The fourth-order valence-corrected chi connectivity index (χ4v) is 0.798. The van der Waals surface area contributed by atoms with Gasteiger partial charge >= 0.3 is 0 Å². The summed E-state index contributed by atoms with van der Waals surface area (Å²) in [6.07, 6.45) is 0. The average Bonchev–Trinajstić information content (AvgIpc) is 1.95. The lowest BCUT2D eigenvalue weighted by atomic mass is 10.6. The van der Waals surface area contributed by atoms with Crippen molar-refractivity contribution in [3.63, 3.8) is 0 Å². The maximum absolute atomic E-state index is 9.05. The molecule has 0 bridgehead atoms. The van der Waals surface area contributed by atoms with E-state index in [-0.39, 0.29) is 5.15 Å². The zero-order valence-electron chi connectivity index (χ0n) is 6.03. The van der Waals surface area contributed by atoms with Gasteiger partial charge in [-0.05, 0) is 19.1 Å². The molecule has 0 unspecified atom stereocenters. The largest absolute Gasteiger partial charge is 0.410 e. The van der Waals surface area contributed by atoms with E-state index in [9.17, 15) is 0 Å². The predicted molar refractivity (Wildman–Crippen MR) is 40.5 cm³/mol. The van der Waals surface area contributed by atoms with Gasteiger partial charge in [-0.2, -0.15) is 0 Å². The average molecular weight is 174 g/mol. The molecule has 0 amide bonds. The third kappa shape index (κ3) is 1.94. The third-order valence-electron chi connectivity index (χ3n) is 1.09. The van der Waals surface area contributed by atoms with Crippen LogP contribution in [0.2, 0.25) is 5.15 Å². The van der Waals surface area contributed by atoms with E-state index in [1.165, 1.54) is 0 Å². The van der Waals surface area contributed by atoms with Crippen molar-refractivity contribution in [2.75, 3.05) is 6.54 Å². The number of rotatable bonds is 1. The molecule has 60 valence electrons. The van der Waals surface area contributed by atoms with Crippen molar-refractivity contribution in [3.05, 3.63) is 22.8 Å². The minimum atomic E-state index is 0.238. The van der Waals surface area contributed by atoms with Gasteiger partial charge in [0.2, 0.25) is 0 Å². The predicted octanol–water partition coefficient (Wildman–Crippen LogP) is 0.694. The molecule has 4 nitrogen and oxygen atoms in total. The summed E-state index contributed by atoms with van der Waals surface area (Å²) in [5.74, 6) is 0. The molecule has 0 aromatic carbocycles. The molecule has 5 heteroatoms. The molecule has 0 radical (unpaired) electrons.